The number of nitrogens with one attached hydrogen (secondary N) is 2. The second-order valence-electron chi connectivity index (χ2n) is 9.25. The van der Waals surface area contributed by atoms with Crippen LogP contribution in [0.3, 0.4) is 0 Å². The molecule has 0 bridgehead atoms. The number of aliphatic carboxylic acids is 2. The molecule has 43 heavy (non-hydrogen) atoms. The molecular formula is C24H26ClF7N6O5. The van der Waals surface area contributed by atoms with Crippen molar-refractivity contribution in [2.24, 2.45) is 0 Å². The van der Waals surface area contributed by atoms with Crippen molar-refractivity contribution in [1.29, 1.82) is 0 Å². The van der Waals surface area contributed by atoms with Crippen LogP contribution in [0.4, 0.5) is 36.6 Å². The number of imidazole rings is 1. The quantitative estimate of drug-likeness (QED) is 0.256. The van der Waals surface area contributed by atoms with Crippen molar-refractivity contribution in [3.8, 4) is 5.75 Å². The number of benzene rings is 1. The highest BCUT2D eigenvalue weighted by Gasteiger charge is 2.39. The number of carbonyl (C=O) groups is 2. The van der Waals surface area contributed by atoms with Crippen LogP contribution in [0.1, 0.15) is 43.9 Å². The van der Waals surface area contributed by atoms with Gasteiger partial charge >= 0.3 is 24.3 Å². The smallest absolute Gasteiger partial charge is 0.490 e. The standard InChI is InChI=1S/C20H24ClFN6O.2C2HF3O2/c1-10(2)28-6-12(7-28)15-16(22)14(21)5-13(18(15)29-4)11(3)27-20-17-19(24-8-23-17)25-9-26-20;2*3-2(4,5)1(6)7/h5,8-12H,6-7H2,1-4H3,(H2,23,24,25,26,27);2*(H,6,7). The van der Waals surface area contributed by atoms with E-state index in [0.29, 0.717) is 34.3 Å². The minimum Gasteiger partial charge on any atom is -0.496 e. The Kier molecular flexibility index (Phi) is 11.5. The van der Waals surface area contributed by atoms with Crippen molar-refractivity contribution in [3.63, 3.8) is 0 Å². The summed E-state index contributed by atoms with van der Waals surface area (Å²) in [6.45, 7) is 7.80. The van der Waals surface area contributed by atoms with Crippen LogP contribution >= 0.6 is 11.6 Å². The van der Waals surface area contributed by atoms with E-state index >= 15 is 0 Å². The molecule has 1 fully saturated rings. The van der Waals surface area contributed by atoms with E-state index in [1.54, 1.807) is 19.5 Å². The molecule has 1 atom stereocenters. The Morgan fingerprint density at radius 3 is 2.07 bits per heavy atom. The largest absolute Gasteiger partial charge is 0.496 e. The Hall–Kier alpha value is -3.93. The number of alkyl halides is 6. The summed E-state index contributed by atoms with van der Waals surface area (Å²) >= 11 is 6.28. The van der Waals surface area contributed by atoms with Crippen LogP contribution in [-0.2, 0) is 9.59 Å². The molecule has 1 aliphatic rings. The highest BCUT2D eigenvalue weighted by atomic mass is 35.5. The Morgan fingerprint density at radius 2 is 1.60 bits per heavy atom. The molecule has 19 heteroatoms. The molecule has 1 unspecified atom stereocenters. The monoisotopic (exact) mass is 646 g/mol. The number of carboxylic acids is 2. The number of ether oxygens (including phenoxy) is 1. The number of aromatic amines is 1. The molecule has 4 N–H and O–H groups in total. The number of methoxy groups -OCH3 is 1. The minimum atomic E-state index is -5.08. The van der Waals surface area contributed by atoms with Crippen molar-refractivity contribution in [2.45, 2.75) is 51.1 Å². The lowest BCUT2D eigenvalue weighted by molar-refractivity contribution is -0.193. The average Bonchev–Trinajstić information content (AvgIpc) is 3.35. The lowest BCUT2D eigenvalue weighted by Crippen LogP contribution is -2.49. The average molecular weight is 647 g/mol. The first-order valence-corrected chi connectivity index (χ1v) is 12.5. The number of halogens is 8. The summed E-state index contributed by atoms with van der Waals surface area (Å²) in [7, 11) is 1.57. The fourth-order valence-corrected chi connectivity index (χ4v) is 4.05. The highest BCUT2D eigenvalue weighted by molar-refractivity contribution is 6.31. The first-order chi connectivity index (χ1) is 19.8. The zero-order chi connectivity index (χ0) is 32.9. The number of carboxylic acid groups (broad SMARTS) is 2. The fraction of sp³-hybridized carbons (Fsp3) is 0.458. The van der Waals surface area contributed by atoms with Crippen molar-refractivity contribution in [3.05, 3.63) is 40.7 Å². The minimum absolute atomic E-state index is 0.0501. The third-order valence-corrected chi connectivity index (χ3v) is 6.28. The molecule has 238 valence electrons. The predicted octanol–water partition coefficient (Wildman–Crippen LogP) is 5.40. The normalized spacial score (nSPS) is 14.6. The van der Waals surface area contributed by atoms with Gasteiger partial charge in [0.15, 0.2) is 11.5 Å². The molecule has 2 aromatic heterocycles. The second-order valence-corrected chi connectivity index (χ2v) is 9.65. The van der Waals surface area contributed by atoms with E-state index < -0.39 is 30.1 Å². The lowest BCUT2D eigenvalue weighted by Gasteiger charge is -2.43. The van der Waals surface area contributed by atoms with E-state index in [4.69, 9.17) is 36.1 Å². The van der Waals surface area contributed by atoms with Gasteiger partial charge in [0.1, 0.15) is 23.4 Å². The number of hydrogen-bond acceptors (Lipinski definition) is 8. The van der Waals surface area contributed by atoms with Crippen LogP contribution in [0.2, 0.25) is 5.02 Å². The molecule has 0 aliphatic carbocycles. The van der Waals surface area contributed by atoms with Gasteiger partial charge in [-0.05, 0) is 26.8 Å². The number of fused-ring (bicyclic) bond motifs is 1. The van der Waals surface area contributed by atoms with Gasteiger partial charge in [-0.2, -0.15) is 26.3 Å². The summed E-state index contributed by atoms with van der Waals surface area (Å²) in [5.74, 6) is -4.74. The lowest BCUT2D eigenvalue weighted by atomic mass is 9.87. The Labute approximate surface area is 244 Å². The molecule has 3 aromatic rings. The van der Waals surface area contributed by atoms with Crippen molar-refractivity contribution >= 4 is 40.5 Å². The van der Waals surface area contributed by atoms with E-state index in [1.165, 1.54) is 6.33 Å². The summed E-state index contributed by atoms with van der Waals surface area (Å²) in [6.07, 6.45) is -7.13. The van der Waals surface area contributed by atoms with Crippen LogP contribution < -0.4 is 10.1 Å². The predicted molar refractivity (Wildman–Crippen MR) is 139 cm³/mol. The molecule has 3 heterocycles. The highest BCUT2D eigenvalue weighted by Crippen LogP contribution is 2.43. The second kappa shape index (κ2) is 14.0. The number of H-pyrrole nitrogens is 1. The molecule has 4 rings (SSSR count). The summed E-state index contributed by atoms with van der Waals surface area (Å²) in [6, 6.07) is 1.81. The maximum absolute atomic E-state index is 15.0. The van der Waals surface area contributed by atoms with Crippen LogP contribution in [-0.4, -0.2) is 85.6 Å². The molecule has 0 saturated carbocycles. The molecule has 1 aromatic carbocycles. The zero-order valence-corrected chi connectivity index (χ0v) is 23.6. The first kappa shape index (κ1) is 35.3. The summed E-state index contributed by atoms with van der Waals surface area (Å²) < 4.78 is 84.2. The van der Waals surface area contributed by atoms with Crippen molar-refractivity contribution < 1.29 is 55.3 Å². The Bertz CT molecular complexity index is 1400. The molecular weight excluding hydrogens is 621 g/mol. The maximum Gasteiger partial charge on any atom is 0.490 e. The Morgan fingerprint density at radius 1 is 1.07 bits per heavy atom. The summed E-state index contributed by atoms with van der Waals surface area (Å²) in [5, 5.41) is 17.7. The van der Waals surface area contributed by atoms with E-state index in [0.717, 1.165) is 18.7 Å². The van der Waals surface area contributed by atoms with E-state index in [-0.39, 0.29) is 17.0 Å². The van der Waals surface area contributed by atoms with Gasteiger partial charge in [0, 0.05) is 36.2 Å². The number of nitrogens with zero attached hydrogens (tertiary/aromatic N) is 4. The van der Waals surface area contributed by atoms with Crippen LogP contribution in [0.5, 0.6) is 5.75 Å². The van der Waals surface area contributed by atoms with E-state index in [1.807, 2.05) is 6.92 Å². The van der Waals surface area contributed by atoms with Gasteiger partial charge in [0.05, 0.1) is 24.5 Å². The fourth-order valence-electron chi connectivity index (χ4n) is 3.83. The molecule has 1 aliphatic heterocycles. The number of hydrogen-bond donors (Lipinski definition) is 4. The molecule has 0 radical (unpaired) electrons. The number of aromatic nitrogens is 4. The van der Waals surface area contributed by atoms with Gasteiger partial charge in [-0.15, -0.1) is 0 Å². The molecule has 1 saturated heterocycles. The molecule has 0 amide bonds. The van der Waals surface area contributed by atoms with E-state index in [2.05, 4.69) is 44.0 Å². The summed E-state index contributed by atoms with van der Waals surface area (Å²) in [4.78, 5) is 35.8. The van der Waals surface area contributed by atoms with Gasteiger partial charge in [-0.25, -0.2) is 28.9 Å². The number of rotatable bonds is 6. The topological polar surface area (TPSA) is 154 Å². The van der Waals surface area contributed by atoms with Crippen LogP contribution in [0.25, 0.3) is 11.2 Å². The van der Waals surface area contributed by atoms with E-state index in [9.17, 15) is 30.7 Å². The van der Waals surface area contributed by atoms with Gasteiger partial charge in [-0.1, -0.05) is 11.6 Å². The third kappa shape index (κ3) is 9.03. The van der Waals surface area contributed by atoms with Crippen LogP contribution in [0, 0.1) is 5.82 Å². The van der Waals surface area contributed by atoms with Crippen molar-refractivity contribution in [2.75, 3.05) is 25.5 Å². The van der Waals surface area contributed by atoms with Crippen LogP contribution in [0.15, 0.2) is 18.7 Å². The van der Waals surface area contributed by atoms with Gasteiger partial charge in [-0.3, -0.25) is 4.90 Å². The zero-order valence-electron chi connectivity index (χ0n) is 22.8. The molecule has 0 spiro atoms. The van der Waals surface area contributed by atoms with Gasteiger partial charge in [0.25, 0.3) is 0 Å². The first-order valence-electron chi connectivity index (χ1n) is 12.1. The Balaban J connectivity index is 0.000000384. The summed E-state index contributed by atoms with van der Waals surface area (Å²) in [5.41, 5.74) is 2.61. The van der Waals surface area contributed by atoms with Crippen molar-refractivity contribution in [1.82, 2.24) is 24.8 Å². The number of anilines is 1. The van der Waals surface area contributed by atoms with Gasteiger partial charge < -0.3 is 25.3 Å². The number of likely N-dealkylation sites (tertiary alicyclic amines) is 1. The molecule has 11 nitrogen and oxygen atoms in total. The SMILES string of the molecule is COc1c(C(C)Nc2ncnc3[nH]cnc23)cc(Cl)c(F)c1C1CN(C(C)C)C1.O=C(O)C(F)(F)F.O=C(O)C(F)(F)F. The third-order valence-electron chi connectivity index (χ3n) is 6.01. The maximum atomic E-state index is 15.0. The van der Waals surface area contributed by atoms with Gasteiger partial charge in [0.2, 0.25) is 0 Å².